The number of hydrogen-bond donors (Lipinski definition) is 1. The van der Waals surface area contributed by atoms with Gasteiger partial charge in [-0.2, -0.15) is 8.42 Å². The SMILES string of the molecule is COc1ccc(-c2ccc(S(=O)(=O)[NH+](C)C)cc2)cc1. The van der Waals surface area contributed by atoms with Crippen LogP contribution in [-0.4, -0.2) is 29.6 Å². The largest absolute Gasteiger partial charge is 0.497 e. The van der Waals surface area contributed by atoms with Crippen LogP contribution in [0.2, 0.25) is 0 Å². The smallest absolute Gasteiger partial charge is 0.325 e. The zero-order valence-electron chi connectivity index (χ0n) is 11.8. The van der Waals surface area contributed by atoms with Crippen LogP contribution in [0.15, 0.2) is 53.4 Å². The number of nitrogens with one attached hydrogen (secondary N) is 1. The van der Waals surface area contributed by atoms with E-state index in [0.29, 0.717) is 9.20 Å². The van der Waals surface area contributed by atoms with Crippen LogP contribution in [-0.2, 0) is 10.0 Å². The van der Waals surface area contributed by atoms with E-state index in [1.54, 1.807) is 33.3 Å². The van der Waals surface area contributed by atoms with E-state index in [1.165, 1.54) is 0 Å². The molecule has 0 unspecified atom stereocenters. The molecule has 0 aliphatic carbocycles. The second kappa shape index (κ2) is 5.64. The quantitative estimate of drug-likeness (QED) is 0.921. The van der Waals surface area contributed by atoms with Crippen LogP contribution >= 0.6 is 0 Å². The van der Waals surface area contributed by atoms with Gasteiger partial charge in [0.15, 0.2) is 0 Å². The molecular weight excluding hydrogens is 274 g/mol. The highest BCUT2D eigenvalue weighted by molar-refractivity contribution is 7.85. The number of sulfonamides is 1. The van der Waals surface area contributed by atoms with Crippen molar-refractivity contribution < 1.29 is 17.5 Å². The topological polar surface area (TPSA) is 47.8 Å². The molecule has 0 saturated heterocycles. The van der Waals surface area contributed by atoms with Crippen LogP contribution in [0.1, 0.15) is 0 Å². The lowest BCUT2D eigenvalue weighted by atomic mass is 10.1. The fourth-order valence-corrected chi connectivity index (χ4v) is 2.81. The summed E-state index contributed by atoms with van der Waals surface area (Å²) in [6.07, 6.45) is 0. The molecule has 20 heavy (non-hydrogen) atoms. The lowest BCUT2D eigenvalue weighted by Crippen LogP contribution is -3.07. The average molecular weight is 292 g/mol. The molecule has 0 aromatic heterocycles. The van der Waals surface area contributed by atoms with Crippen molar-refractivity contribution >= 4 is 10.0 Å². The minimum Gasteiger partial charge on any atom is -0.497 e. The Morgan fingerprint density at radius 2 is 1.30 bits per heavy atom. The molecule has 0 spiro atoms. The summed E-state index contributed by atoms with van der Waals surface area (Å²) in [7, 11) is 1.54. The summed E-state index contributed by atoms with van der Waals surface area (Å²) < 4.78 is 29.5. The van der Waals surface area contributed by atoms with E-state index < -0.39 is 10.0 Å². The number of benzene rings is 2. The van der Waals surface area contributed by atoms with Crippen LogP contribution < -0.4 is 9.04 Å². The van der Waals surface area contributed by atoms with Crippen molar-refractivity contribution in [3.05, 3.63) is 48.5 Å². The Balaban J connectivity index is 2.32. The lowest BCUT2D eigenvalue weighted by Gasteiger charge is -2.09. The molecule has 0 radical (unpaired) electrons. The van der Waals surface area contributed by atoms with E-state index in [-0.39, 0.29) is 0 Å². The van der Waals surface area contributed by atoms with Gasteiger partial charge in [-0.3, -0.25) is 0 Å². The van der Waals surface area contributed by atoms with E-state index in [1.807, 2.05) is 36.4 Å². The molecule has 5 heteroatoms. The molecule has 0 aliphatic heterocycles. The molecule has 0 heterocycles. The van der Waals surface area contributed by atoms with Crippen LogP contribution in [0.3, 0.4) is 0 Å². The highest BCUT2D eigenvalue weighted by Gasteiger charge is 2.20. The van der Waals surface area contributed by atoms with Crippen LogP contribution in [0.4, 0.5) is 0 Å². The number of hydrogen-bond acceptors (Lipinski definition) is 3. The van der Waals surface area contributed by atoms with Gasteiger partial charge in [-0.25, -0.2) is 4.31 Å². The maximum atomic E-state index is 12.0. The van der Waals surface area contributed by atoms with E-state index in [0.717, 1.165) is 16.9 Å². The first-order valence-corrected chi connectivity index (χ1v) is 7.73. The summed E-state index contributed by atoms with van der Waals surface area (Å²) in [5.74, 6) is 0.796. The number of rotatable bonds is 4. The fraction of sp³-hybridized carbons (Fsp3) is 0.200. The monoisotopic (exact) mass is 292 g/mol. The van der Waals surface area contributed by atoms with Gasteiger partial charge >= 0.3 is 10.0 Å². The summed E-state index contributed by atoms with van der Waals surface area (Å²) in [5.41, 5.74) is 1.99. The van der Waals surface area contributed by atoms with Crippen LogP contribution in [0.25, 0.3) is 11.1 Å². The van der Waals surface area contributed by atoms with Crippen molar-refractivity contribution in [1.29, 1.82) is 0 Å². The highest BCUT2D eigenvalue weighted by Crippen LogP contribution is 2.23. The van der Waals surface area contributed by atoms with E-state index >= 15 is 0 Å². The van der Waals surface area contributed by atoms with Gasteiger partial charge in [0.2, 0.25) is 0 Å². The van der Waals surface area contributed by atoms with Crippen LogP contribution in [0.5, 0.6) is 5.75 Å². The van der Waals surface area contributed by atoms with Crippen molar-refractivity contribution in [1.82, 2.24) is 0 Å². The van der Waals surface area contributed by atoms with Crippen molar-refractivity contribution in [3.8, 4) is 16.9 Å². The van der Waals surface area contributed by atoms with E-state index in [4.69, 9.17) is 4.74 Å². The lowest BCUT2D eigenvalue weighted by molar-refractivity contribution is -0.717. The average Bonchev–Trinajstić information content (AvgIpc) is 2.47. The molecular formula is C15H18NO3S+. The molecule has 4 nitrogen and oxygen atoms in total. The summed E-state index contributed by atoms with van der Waals surface area (Å²) >= 11 is 0. The maximum absolute atomic E-state index is 12.0. The van der Waals surface area contributed by atoms with Crippen molar-refractivity contribution in [2.24, 2.45) is 0 Å². The Kier molecular flexibility index (Phi) is 4.11. The van der Waals surface area contributed by atoms with Gasteiger partial charge in [-0.15, -0.1) is 0 Å². The first kappa shape index (κ1) is 14.6. The van der Waals surface area contributed by atoms with Gasteiger partial charge in [-0.05, 0) is 35.4 Å². The second-order valence-electron chi connectivity index (χ2n) is 4.66. The highest BCUT2D eigenvalue weighted by atomic mass is 32.2. The van der Waals surface area contributed by atoms with Gasteiger partial charge in [0.25, 0.3) is 0 Å². The van der Waals surface area contributed by atoms with Gasteiger partial charge in [0.1, 0.15) is 10.6 Å². The third-order valence-corrected chi connectivity index (χ3v) is 5.09. The minimum atomic E-state index is -3.29. The van der Waals surface area contributed by atoms with Gasteiger partial charge in [0, 0.05) is 0 Å². The van der Waals surface area contributed by atoms with Crippen molar-refractivity contribution in [2.45, 2.75) is 4.90 Å². The molecule has 0 atom stereocenters. The maximum Gasteiger partial charge on any atom is 0.325 e. The Morgan fingerprint density at radius 1 is 0.850 bits per heavy atom. The molecule has 0 amide bonds. The number of quaternary nitrogens is 1. The summed E-state index contributed by atoms with van der Waals surface area (Å²) in [5, 5.41) is 0. The van der Waals surface area contributed by atoms with Gasteiger partial charge < -0.3 is 4.74 Å². The second-order valence-corrected chi connectivity index (χ2v) is 6.96. The minimum absolute atomic E-state index is 0.328. The number of ether oxygens (including phenoxy) is 1. The Labute approximate surface area is 119 Å². The van der Waals surface area contributed by atoms with Crippen LogP contribution in [0, 0.1) is 0 Å². The Hall–Kier alpha value is -1.85. The fourth-order valence-electron chi connectivity index (χ4n) is 1.85. The summed E-state index contributed by atoms with van der Waals surface area (Å²) in [6, 6.07) is 14.6. The van der Waals surface area contributed by atoms with Gasteiger partial charge in [-0.1, -0.05) is 24.3 Å². The zero-order chi connectivity index (χ0) is 14.8. The summed E-state index contributed by atoms with van der Waals surface area (Å²) in [6.45, 7) is 0. The molecule has 0 aliphatic rings. The standard InChI is InChI=1S/C15H17NO3S/c1-16(2)20(17,18)15-10-6-13(7-11-15)12-4-8-14(19-3)9-5-12/h4-11H,1-3H3/p+1. The Morgan fingerprint density at radius 3 is 1.70 bits per heavy atom. The molecule has 0 saturated carbocycles. The molecule has 2 aromatic carbocycles. The normalized spacial score (nSPS) is 11.6. The third-order valence-electron chi connectivity index (χ3n) is 3.13. The Bertz CT molecular complexity index is 674. The zero-order valence-corrected chi connectivity index (χ0v) is 12.6. The first-order valence-electron chi connectivity index (χ1n) is 6.25. The molecule has 0 bridgehead atoms. The van der Waals surface area contributed by atoms with Gasteiger partial charge in [0.05, 0.1) is 21.2 Å². The molecule has 1 N–H and O–H groups in total. The predicted octanol–water partition coefficient (Wildman–Crippen LogP) is 1.20. The van der Waals surface area contributed by atoms with Crippen molar-refractivity contribution in [3.63, 3.8) is 0 Å². The van der Waals surface area contributed by atoms with E-state index in [2.05, 4.69) is 0 Å². The third kappa shape index (κ3) is 2.84. The number of methoxy groups -OCH3 is 1. The van der Waals surface area contributed by atoms with Crippen molar-refractivity contribution in [2.75, 3.05) is 21.2 Å². The first-order chi connectivity index (χ1) is 9.45. The molecule has 106 valence electrons. The molecule has 2 aromatic rings. The predicted molar refractivity (Wildman–Crippen MR) is 78.4 cm³/mol. The molecule has 2 rings (SSSR count). The molecule has 0 fully saturated rings. The van der Waals surface area contributed by atoms with E-state index in [9.17, 15) is 8.42 Å². The summed E-state index contributed by atoms with van der Waals surface area (Å²) in [4.78, 5) is 0.328.